The standard InChI is InChI=1S/C23H41F2N5/c1-15(16-2-6-19(24)7-3-16)28-21-12-18(17-4-8-20(25)9-5-17)13-22(29-21)30-23-14-26-10-11-27-23/h2,15,17-23,26-30H,3-14H2,1H3/t15-,17?,18?,19?,20?,21?,22?,23?/m0/s1. The topological polar surface area (TPSA) is 60.1 Å². The predicted octanol–water partition coefficient (Wildman–Crippen LogP) is 2.70. The Morgan fingerprint density at radius 3 is 2.43 bits per heavy atom. The number of hydrogen-bond donors (Lipinski definition) is 5. The van der Waals surface area contributed by atoms with Crippen LogP contribution in [0.4, 0.5) is 8.78 Å². The number of halogens is 2. The van der Waals surface area contributed by atoms with Gasteiger partial charge in [-0.25, -0.2) is 8.78 Å². The van der Waals surface area contributed by atoms with Gasteiger partial charge >= 0.3 is 0 Å². The van der Waals surface area contributed by atoms with E-state index in [9.17, 15) is 8.78 Å². The Balaban J connectivity index is 1.37. The maximum absolute atomic E-state index is 13.7. The van der Waals surface area contributed by atoms with E-state index in [0.29, 0.717) is 24.7 Å². The summed E-state index contributed by atoms with van der Waals surface area (Å²) in [6.45, 7) is 5.14. The number of hydrogen-bond acceptors (Lipinski definition) is 5. The first-order valence-corrected chi connectivity index (χ1v) is 12.3. The minimum Gasteiger partial charge on any atom is -0.313 e. The zero-order valence-corrected chi connectivity index (χ0v) is 18.4. The van der Waals surface area contributed by atoms with Crippen molar-refractivity contribution in [1.29, 1.82) is 0 Å². The fraction of sp³-hybridized carbons (Fsp3) is 0.913. The molecule has 7 heteroatoms. The SMILES string of the molecule is C[C@H](NC1CC(C2CCC(F)CC2)CC(NC2CNCCN2)N1)C1=CCC(F)CC1. The second-order valence-corrected chi connectivity index (χ2v) is 9.93. The Morgan fingerprint density at radius 1 is 0.933 bits per heavy atom. The van der Waals surface area contributed by atoms with Gasteiger partial charge in [0.15, 0.2) is 0 Å². The van der Waals surface area contributed by atoms with Gasteiger partial charge in [-0.2, -0.15) is 0 Å². The molecule has 0 aromatic heterocycles. The first kappa shape index (κ1) is 22.6. The Labute approximate surface area is 180 Å². The molecular formula is C23H41F2N5. The van der Waals surface area contributed by atoms with Crippen molar-refractivity contribution in [3.8, 4) is 0 Å². The van der Waals surface area contributed by atoms with E-state index >= 15 is 0 Å². The zero-order chi connectivity index (χ0) is 20.9. The lowest BCUT2D eigenvalue weighted by molar-refractivity contribution is 0.0919. The molecular weight excluding hydrogens is 384 g/mol. The first-order valence-electron chi connectivity index (χ1n) is 12.3. The lowest BCUT2D eigenvalue weighted by atomic mass is 9.74. The molecule has 172 valence electrons. The van der Waals surface area contributed by atoms with Crippen molar-refractivity contribution >= 4 is 0 Å². The van der Waals surface area contributed by atoms with Gasteiger partial charge in [0.25, 0.3) is 0 Å². The number of piperazine rings is 1. The molecule has 5 nitrogen and oxygen atoms in total. The highest BCUT2D eigenvalue weighted by molar-refractivity contribution is 5.14. The van der Waals surface area contributed by atoms with E-state index in [2.05, 4.69) is 39.6 Å². The molecule has 0 spiro atoms. The summed E-state index contributed by atoms with van der Waals surface area (Å²) >= 11 is 0. The smallest absolute Gasteiger partial charge is 0.104 e. The fourth-order valence-electron chi connectivity index (χ4n) is 5.89. The van der Waals surface area contributed by atoms with E-state index in [-0.39, 0.29) is 24.5 Å². The van der Waals surface area contributed by atoms with Crippen LogP contribution in [0, 0.1) is 11.8 Å². The Morgan fingerprint density at radius 2 is 1.73 bits per heavy atom. The van der Waals surface area contributed by atoms with Crippen LogP contribution in [0.1, 0.15) is 64.7 Å². The largest absolute Gasteiger partial charge is 0.313 e. The van der Waals surface area contributed by atoms with Crippen molar-refractivity contribution < 1.29 is 8.78 Å². The van der Waals surface area contributed by atoms with Crippen LogP contribution < -0.4 is 26.6 Å². The summed E-state index contributed by atoms with van der Waals surface area (Å²) in [6.07, 6.45) is 9.30. The summed E-state index contributed by atoms with van der Waals surface area (Å²) in [5.74, 6) is 1.23. The zero-order valence-electron chi connectivity index (χ0n) is 18.4. The molecule has 6 atom stereocenters. The first-order chi connectivity index (χ1) is 14.6. The third kappa shape index (κ3) is 6.22. The molecule has 3 fully saturated rings. The summed E-state index contributed by atoms with van der Waals surface area (Å²) in [7, 11) is 0. The predicted molar refractivity (Wildman–Crippen MR) is 118 cm³/mol. The van der Waals surface area contributed by atoms with Gasteiger partial charge in [0.2, 0.25) is 0 Å². The molecule has 2 heterocycles. The second-order valence-electron chi connectivity index (χ2n) is 9.93. The number of allylic oxidation sites excluding steroid dienone is 1. The molecule has 2 aliphatic heterocycles. The van der Waals surface area contributed by atoms with Crippen molar-refractivity contribution in [2.75, 3.05) is 19.6 Å². The highest BCUT2D eigenvalue weighted by Crippen LogP contribution is 2.37. The van der Waals surface area contributed by atoms with Crippen LogP contribution in [0.2, 0.25) is 0 Å². The van der Waals surface area contributed by atoms with E-state index in [1.807, 2.05) is 0 Å². The van der Waals surface area contributed by atoms with Crippen molar-refractivity contribution in [3.63, 3.8) is 0 Å². The van der Waals surface area contributed by atoms with Crippen molar-refractivity contribution in [1.82, 2.24) is 26.6 Å². The molecule has 5 N–H and O–H groups in total. The summed E-state index contributed by atoms with van der Waals surface area (Å²) in [6, 6.07) is 0.255. The van der Waals surface area contributed by atoms with Crippen molar-refractivity contribution in [2.24, 2.45) is 11.8 Å². The molecule has 1 saturated carbocycles. The highest BCUT2D eigenvalue weighted by Gasteiger charge is 2.36. The fourth-order valence-corrected chi connectivity index (χ4v) is 5.89. The average molecular weight is 426 g/mol. The molecule has 30 heavy (non-hydrogen) atoms. The normalized spacial score (nSPS) is 41.8. The van der Waals surface area contributed by atoms with Gasteiger partial charge < -0.3 is 5.32 Å². The third-order valence-electron chi connectivity index (χ3n) is 7.68. The quantitative estimate of drug-likeness (QED) is 0.424. The maximum Gasteiger partial charge on any atom is 0.104 e. The van der Waals surface area contributed by atoms with Crippen LogP contribution in [0.3, 0.4) is 0 Å². The Bertz CT molecular complexity index is 560. The van der Waals surface area contributed by atoms with Gasteiger partial charge in [0.05, 0.1) is 18.5 Å². The van der Waals surface area contributed by atoms with E-state index in [1.54, 1.807) is 0 Å². The molecule has 2 saturated heterocycles. The minimum atomic E-state index is -0.672. The van der Waals surface area contributed by atoms with Crippen molar-refractivity contribution in [3.05, 3.63) is 11.6 Å². The van der Waals surface area contributed by atoms with Crippen LogP contribution in [0.25, 0.3) is 0 Å². The van der Waals surface area contributed by atoms with Gasteiger partial charge in [-0.1, -0.05) is 11.6 Å². The van der Waals surface area contributed by atoms with Gasteiger partial charge in [0, 0.05) is 25.7 Å². The molecule has 0 amide bonds. The third-order valence-corrected chi connectivity index (χ3v) is 7.68. The Kier molecular flexibility index (Phi) is 8.14. The van der Waals surface area contributed by atoms with Crippen LogP contribution in [-0.2, 0) is 0 Å². The van der Waals surface area contributed by atoms with Gasteiger partial charge in [-0.15, -0.1) is 0 Å². The van der Waals surface area contributed by atoms with E-state index in [0.717, 1.165) is 64.6 Å². The molecule has 0 aromatic carbocycles. The minimum absolute atomic E-state index is 0.222. The van der Waals surface area contributed by atoms with Crippen LogP contribution in [-0.4, -0.2) is 56.5 Å². The van der Waals surface area contributed by atoms with E-state index < -0.39 is 12.3 Å². The molecule has 0 bridgehead atoms. The summed E-state index contributed by atoms with van der Waals surface area (Å²) in [4.78, 5) is 0. The molecule has 2 aliphatic carbocycles. The number of piperidine rings is 1. The van der Waals surface area contributed by atoms with E-state index in [1.165, 1.54) is 5.57 Å². The van der Waals surface area contributed by atoms with E-state index in [4.69, 9.17) is 0 Å². The number of rotatable bonds is 6. The van der Waals surface area contributed by atoms with Crippen molar-refractivity contribution in [2.45, 2.75) is 102 Å². The van der Waals surface area contributed by atoms with Crippen LogP contribution >= 0.6 is 0 Å². The van der Waals surface area contributed by atoms with Crippen LogP contribution in [0.15, 0.2) is 11.6 Å². The summed E-state index contributed by atoms with van der Waals surface area (Å²) in [5.41, 5.74) is 1.34. The molecule has 0 aromatic rings. The van der Waals surface area contributed by atoms with Gasteiger partial charge in [0.1, 0.15) is 12.3 Å². The molecule has 0 radical (unpaired) electrons. The highest BCUT2D eigenvalue weighted by atomic mass is 19.1. The van der Waals surface area contributed by atoms with Crippen LogP contribution in [0.5, 0.6) is 0 Å². The Hall–Kier alpha value is -0.600. The lowest BCUT2D eigenvalue weighted by Gasteiger charge is -2.44. The molecule has 4 rings (SSSR count). The molecule has 4 aliphatic rings. The lowest BCUT2D eigenvalue weighted by Crippen LogP contribution is -2.65. The van der Waals surface area contributed by atoms with Gasteiger partial charge in [-0.05, 0) is 76.5 Å². The maximum atomic E-state index is 13.7. The monoisotopic (exact) mass is 425 g/mol. The van der Waals surface area contributed by atoms with Gasteiger partial charge in [-0.3, -0.25) is 21.3 Å². The average Bonchev–Trinajstić information content (AvgIpc) is 2.75. The number of nitrogens with one attached hydrogen (secondary N) is 5. The summed E-state index contributed by atoms with van der Waals surface area (Å²) < 4.78 is 27.2. The second kappa shape index (κ2) is 10.8. The summed E-state index contributed by atoms with van der Waals surface area (Å²) in [5, 5.41) is 18.3. The number of alkyl halides is 2. The molecule has 5 unspecified atom stereocenters.